The minimum Gasteiger partial charge on any atom is -0.460 e. The summed E-state index contributed by atoms with van der Waals surface area (Å²) in [6.45, 7) is 12.7. The number of carbonyl (C=O) groups excluding carboxylic acids is 1. The molecule has 0 unspecified atom stereocenters. The lowest BCUT2D eigenvalue weighted by Crippen LogP contribution is -2.46. The molecule has 4 nitrogen and oxygen atoms in total. The number of benzene rings is 1. The van der Waals surface area contributed by atoms with Crippen molar-refractivity contribution in [3.8, 4) is 0 Å². The largest absolute Gasteiger partial charge is 0.460 e. The molecule has 2 aliphatic rings. The Hall–Kier alpha value is -1.65. The first-order chi connectivity index (χ1) is 15.1. The summed E-state index contributed by atoms with van der Waals surface area (Å²) in [5, 5.41) is 7.58. The van der Waals surface area contributed by atoms with Gasteiger partial charge in [0.05, 0.1) is 5.41 Å². The second kappa shape index (κ2) is 10.5. The lowest BCUT2D eigenvalue weighted by atomic mass is 9.88. The van der Waals surface area contributed by atoms with E-state index in [1.165, 1.54) is 37.7 Å². The molecule has 0 amide bonds. The zero-order chi connectivity index (χ0) is 23.4. The molecule has 2 N–H and O–H groups in total. The zero-order valence-corrected chi connectivity index (χ0v) is 21.0. The quantitative estimate of drug-likeness (QED) is 0.482. The predicted octanol–water partition coefficient (Wildman–Crippen LogP) is 5.73. The van der Waals surface area contributed by atoms with Crippen molar-refractivity contribution >= 4 is 12.0 Å². The van der Waals surface area contributed by atoms with Gasteiger partial charge in [0.15, 0.2) is 0 Å². The normalized spacial score (nSPS) is 26.6. The molecule has 178 valence electrons. The zero-order valence-electron chi connectivity index (χ0n) is 21.0. The van der Waals surface area contributed by atoms with E-state index in [1.54, 1.807) is 5.57 Å². The second-order valence-electron chi connectivity index (χ2n) is 11.4. The van der Waals surface area contributed by atoms with Crippen molar-refractivity contribution in [2.45, 2.75) is 104 Å². The van der Waals surface area contributed by atoms with Gasteiger partial charge in [-0.1, -0.05) is 48.9 Å². The molecule has 2 saturated carbocycles. The van der Waals surface area contributed by atoms with Crippen LogP contribution in [-0.2, 0) is 9.53 Å². The first-order valence-electron chi connectivity index (χ1n) is 12.6. The van der Waals surface area contributed by atoms with Crippen molar-refractivity contribution in [1.82, 2.24) is 10.6 Å². The topological polar surface area (TPSA) is 50.4 Å². The monoisotopic (exact) mass is 440 g/mol. The van der Waals surface area contributed by atoms with E-state index >= 15 is 0 Å². The number of ether oxygens (including phenoxy) is 1. The van der Waals surface area contributed by atoms with Gasteiger partial charge in [-0.15, -0.1) is 0 Å². The summed E-state index contributed by atoms with van der Waals surface area (Å²) in [6.07, 6.45) is 9.53. The fourth-order valence-electron chi connectivity index (χ4n) is 4.68. The van der Waals surface area contributed by atoms with E-state index in [0.717, 1.165) is 6.42 Å². The van der Waals surface area contributed by atoms with Crippen LogP contribution in [0.1, 0.15) is 85.6 Å². The highest BCUT2D eigenvalue weighted by molar-refractivity contribution is 5.76. The standard InChI is InChI=1S/C28H44N2O2/c1-7-21(17-20-11-9-8-10-12-20)24-18-25(24)30-23-15-13-22(14-16-23)29-19-28(5,6)26(31)32-27(2,3)4/h8-12,17,22-25,29-30H,7,13-16,18-19H2,1-6H3/t22-,23+,24-,25+/m0/s1. The average Bonchev–Trinajstić information content (AvgIpc) is 3.50. The van der Waals surface area contributed by atoms with Crippen LogP contribution in [0.2, 0.25) is 0 Å². The van der Waals surface area contributed by atoms with Gasteiger partial charge in [-0.05, 0) is 84.6 Å². The molecule has 0 spiro atoms. The Morgan fingerprint density at radius 3 is 2.25 bits per heavy atom. The minimum absolute atomic E-state index is 0.122. The Labute approximate surface area is 195 Å². The van der Waals surface area contributed by atoms with Crippen molar-refractivity contribution in [2.75, 3.05) is 6.54 Å². The van der Waals surface area contributed by atoms with Gasteiger partial charge in [-0.2, -0.15) is 0 Å². The lowest BCUT2D eigenvalue weighted by Gasteiger charge is -2.33. The van der Waals surface area contributed by atoms with Gasteiger partial charge in [0.1, 0.15) is 5.60 Å². The van der Waals surface area contributed by atoms with E-state index in [9.17, 15) is 4.79 Å². The summed E-state index contributed by atoms with van der Waals surface area (Å²) in [5.41, 5.74) is 1.95. The third-order valence-corrected chi connectivity index (χ3v) is 6.79. The smallest absolute Gasteiger partial charge is 0.313 e. The Bertz CT molecular complexity index is 770. The van der Waals surface area contributed by atoms with E-state index in [-0.39, 0.29) is 5.97 Å². The van der Waals surface area contributed by atoms with E-state index in [2.05, 4.69) is 54.0 Å². The molecule has 3 rings (SSSR count). The number of esters is 1. The molecule has 0 saturated heterocycles. The summed E-state index contributed by atoms with van der Waals surface area (Å²) in [6, 6.07) is 12.5. The SMILES string of the molecule is CCC(=Cc1ccccc1)[C@@H]1C[C@H]1N[C@H]1CC[C@@H](NCC(C)(C)C(=O)OC(C)(C)C)CC1. The molecule has 32 heavy (non-hydrogen) atoms. The molecule has 0 aliphatic heterocycles. The number of carbonyl (C=O) groups is 1. The van der Waals surface area contributed by atoms with Gasteiger partial charge in [0.25, 0.3) is 0 Å². The van der Waals surface area contributed by atoms with E-state index < -0.39 is 11.0 Å². The maximum absolute atomic E-state index is 12.5. The summed E-state index contributed by atoms with van der Waals surface area (Å²) in [5.74, 6) is 0.577. The Morgan fingerprint density at radius 2 is 1.66 bits per heavy atom. The third kappa shape index (κ3) is 7.45. The molecule has 2 fully saturated rings. The number of rotatable bonds is 9. The number of nitrogens with one attached hydrogen (secondary N) is 2. The molecular formula is C28H44N2O2. The molecule has 1 aromatic rings. The first-order valence-corrected chi connectivity index (χ1v) is 12.6. The van der Waals surface area contributed by atoms with Crippen molar-refractivity contribution in [3.63, 3.8) is 0 Å². The van der Waals surface area contributed by atoms with Crippen LogP contribution in [0.4, 0.5) is 0 Å². The fourth-order valence-corrected chi connectivity index (χ4v) is 4.68. The maximum Gasteiger partial charge on any atom is 0.313 e. The second-order valence-corrected chi connectivity index (χ2v) is 11.4. The van der Waals surface area contributed by atoms with Crippen LogP contribution in [0.3, 0.4) is 0 Å². The van der Waals surface area contributed by atoms with Crippen molar-refractivity contribution in [1.29, 1.82) is 0 Å². The number of hydrogen-bond acceptors (Lipinski definition) is 4. The van der Waals surface area contributed by atoms with Gasteiger partial charge in [0.2, 0.25) is 0 Å². The van der Waals surface area contributed by atoms with Crippen LogP contribution in [0.25, 0.3) is 6.08 Å². The molecule has 0 bridgehead atoms. The van der Waals surface area contributed by atoms with Crippen LogP contribution < -0.4 is 10.6 Å². The Balaban J connectivity index is 1.39. The van der Waals surface area contributed by atoms with Gasteiger partial charge >= 0.3 is 5.97 Å². The maximum atomic E-state index is 12.5. The molecule has 0 heterocycles. The molecule has 0 aromatic heterocycles. The molecular weight excluding hydrogens is 396 g/mol. The summed E-state index contributed by atoms with van der Waals surface area (Å²) in [7, 11) is 0. The van der Waals surface area contributed by atoms with Crippen molar-refractivity contribution < 1.29 is 9.53 Å². The van der Waals surface area contributed by atoms with Crippen LogP contribution >= 0.6 is 0 Å². The van der Waals surface area contributed by atoms with E-state index in [0.29, 0.717) is 30.6 Å². The van der Waals surface area contributed by atoms with Gasteiger partial charge in [-0.25, -0.2) is 0 Å². The van der Waals surface area contributed by atoms with Gasteiger partial charge in [-0.3, -0.25) is 4.79 Å². The lowest BCUT2D eigenvalue weighted by molar-refractivity contribution is -0.165. The minimum atomic E-state index is -0.509. The first kappa shape index (κ1) is 25.0. The average molecular weight is 441 g/mol. The number of hydrogen-bond donors (Lipinski definition) is 2. The molecule has 2 aliphatic carbocycles. The van der Waals surface area contributed by atoms with Crippen molar-refractivity contribution in [2.24, 2.45) is 11.3 Å². The summed E-state index contributed by atoms with van der Waals surface area (Å²) >= 11 is 0. The van der Waals surface area contributed by atoms with E-state index in [1.807, 2.05) is 34.6 Å². The van der Waals surface area contributed by atoms with Crippen LogP contribution in [0.15, 0.2) is 35.9 Å². The molecule has 2 atom stereocenters. The molecule has 0 radical (unpaired) electrons. The highest BCUT2D eigenvalue weighted by Gasteiger charge is 2.40. The summed E-state index contributed by atoms with van der Waals surface area (Å²) in [4.78, 5) is 12.5. The molecule has 4 heteroatoms. The highest BCUT2D eigenvalue weighted by atomic mass is 16.6. The van der Waals surface area contributed by atoms with Gasteiger partial charge < -0.3 is 15.4 Å². The van der Waals surface area contributed by atoms with E-state index in [4.69, 9.17) is 4.74 Å². The Kier molecular flexibility index (Phi) is 8.21. The van der Waals surface area contributed by atoms with Crippen LogP contribution in [0, 0.1) is 11.3 Å². The third-order valence-electron chi connectivity index (χ3n) is 6.79. The van der Waals surface area contributed by atoms with Gasteiger partial charge in [0, 0.05) is 24.7 Å². The molecule has 1 aromatic carbocycles. The fraction of sp³-hybridized carbons (Fsp3) is 0.679. The van der Waals surface area contributed by atoms with Crippen LogP contribution in [-0.4, -0.2) is 36.2 Å². The highest BCUT2D eigenvalue weighted by Crippen LogP contribution is 2.40. The van der Waals surface area contributed by atoms with Crippen molar-refractivity contribution in [3.05, 3.63) is 41.5 Å². The summed E-state index contributed by atoms with van der Waals surface area (Å²) < 4.78 is 5.59. The Morgan fingerprint density at radius 1 is 1.03 bits per heavy atom. The predicted molar refractivity (Wildman–Crippen MR) is 133 cm³/mol. The van der Waals surface area contributed by atoms with Crippen LogP contribution in [0.5, 0.6) is 0 Å².